The number of piperazine rings is 1. The van der Waals surface area contributed by atoms with Gasteiger partial charge in [0.2, 0.25) is 12.0 Å². The number of hydrogen-bond acceptors (Lipinski definition) is 5. The Kier molecular flexibility index (Phi) is 6.81. The van der Waals surface area contributed by atoms with Gasteiger partial charge in [0.05, 0.1) is 5.92 Å². The minimum atomic E-state index is -0.682. The highest BCUT2D eigenvalue weighted by Crippen LogP contribution is 2.31. The summed E-state index contributed by atoms with van der Waals surface area (Å²) in [5, 5.41) is 0.582. The molecule has 2 aromatic carbocycles. The molecule has 2 aromatic rings. The molecule has 35 heavy (non-hydrogen) atoms. The zero-order chi connectivity index (χ0) is 24.4. The first-order valence-electron chi connectivity index (χ1n) is 12.0. The molecule has 3 amide bonds. The molecule has 2 atom stereocenters. The van der Waals surface area contributed by atoms with Crippen molar-refractivity contribution in [3.63, 3.8) is 0 Å². The molecule has 3 aliphatic rings. The molecule has 3 aliphatic heterocycles. The lowest BCUT2D eigenvalue weighted by molar-refractivity contribution is -0.148. The maximum atomic E-state index is 13.2. The summed E-state index contributed by atoms with van der Waals surface area (Å²) in [6.45, 7) is 3.06. The van der Waals surface area contributed by atoms with Gasteiger partial charge in [-0.2, -0.15) is 0 Å². The van der Waals surface area contributed by atoms with Crippen LogP contribution in [-0.4, -0.2) is 84.4 Å². The smallest absolute Gasteiger partial charge is 0.267 e. The van der Waals surface area contributed by atoms with Crippen LogP contribution in [0.2, 0.25) is 5.02 Å². The first kappa shape index (κ1) is 23.5. The third kappa shape index (κ3) is 5.07. The van der Waals surface area contributed by atoms with Crippen molar-refractivity contribution in [1.82, 2.24) is 14.7 Å². The van der Waals surface area contributed by atoms with E-state index in [2.05, 4.69) is 0 Å². The van der Waals surface area contributed by atoms with Gasteiger partial charge in [0.25, 0.3) is 11.8 Å². The second-order valence-electron chi connectivity index (χ2n) is 9.11. The van der Waals surface area contributed by atoms with Crippen molar-refractivity contribution in [2.75, 3.05) is 45.9 Å². The summed E-state index contributed by atoms with van der Waals surface area (Å²) < 4.78 is 11.5. The third-order valence-electron chi connectivity index (χ3n) is 6.84. The summed E-state index contributed by atoms with van der Waals surface area (Å²) >= 11 is 5.93. The first-order chi connectivity index (χ1) is 17.0. The molecule has 2 saturated heterocycles. The number of halogens is 1. The molecule has 184 valence electrons. The van der Waals surface area contributed by atoms with E-state index in [1.54, 1.807) is 40.1 Å². The Bertz CT molecular complexity index is 1100. The average Bonchev–Trinajstić information content (AvgIpc) is 2.92. The van der Waals surface area contributed by atoms with E-state index in [1.807, 2.05) is 23.1 Å². The molecular formula is C26H28ClN3O5. The number of piperidine rings is 1. The normalized spacial score (nSPS) is 22.0. The van der Waals surface area contributed by atoms with Crippen molar-refractivity contribution in [2.24, 2.45) is 5.92 Å². The molecule has 2 fully saturated rings. The van der Waals surface area contributed by atoms with E-state index >= 15 is 0 Å². The molecule has 0 bridgehead atoms. The number of nitrogens with zero attached hydrogens (tertiary/aromatic N) is 3. The molecule has 0 aliphatic carbocycles. The van der Waals surface area contributed by atoms with Crippen LogP contribution in [0.3, 0.4) is 0 Å². The summed E-state index contributed by atoms with van der Waals surface area (Å²) in [6.07, 6.45) is 0.863. The predicted molar refractivity (Wildman–Crippen MR) is 130 cm³/mol. The highest BCUT2D eigenvalue weighted by Gasteiger charge is 2.36. The Morgan fingerprint density at radius 2 is 1.46 bits per heavy atom. The molecular weight excluding hydrogens is 470 g/mol. The number of fused-ring (bicyclic) bond motifs is 1. The van der Waals surface area contributed by atoms with Crippen LogP contribution < -0.4 is 9.47 Å². The van der Waals surface area contributed by atoms with Crippen LogP contribution in [0.4, 0.5) is 0 Å². The van der Waals surface area contributed by atoms with Crippen molar-refractivity contribution in [1.29, 1.82) is 0 Å². The van der Waals surface area contributed by atoms with E-state index in [1.165, 1.54) is 0 Å². The first-order valence-corrected chi connectivity index (χ1v) is 12.4. The average molecular weight is 498 g/mol. The summed E-state index contributed by atoms with van der Waals surface area (Å²) in [4.78, 5) is 44.4. The van der Waals surface area contributed by atoms with Gasteiger partial charge in [-0.1, -0.05) is 23.7 Å². The van der Waals surface area contributed by atoms with Crippen molar-refractivity contribution >= 4 is 29.3 Å². The van der Waals surface area contributed by atoms with E-state index < -0.39 is 6.10 Å². The number of ether oxygens (including phenoxy) is 2. The highest BCUT2D eigenvalue weighted by molar-refractivity contribution is 6.30. The monoisotopic (exact) mass is 497 g/mol. The van der Waals surface area contributed by atoms with Crippen molar-refractivity contribution in [2.45, 2.75) is 18.9 Å². The van der Waals surface area contributed by atoms with Gasteiger partial charge in [-0.15, -0.1) is 0 Å². The maximum absolute atomic E-state index is 13.2. The Hall–Kier alpha value is -3.26. The molecule has 9 heteroatoms. The largest absolute Gasteiger partial charge is 0.485 e. The van der Waals surface area contributed by atoms with Crippen LogP contribution in [0, 0.1) is 5.92 Å². The second kappa shape index (κ2) is 10.2. The number of amides is 3. The van der Waals surface area contributed by atoms with E-state index in [9.17, 15) is 14.4 Å². The highest BCUT2D eigenvalue weighted by atomic mass is 35.5. The quantitative estimate of drug-likeness (QED) is 0.651. The molecule has 0 spiro atoms. The van der Waals surface area contributed by atoms with Crippen LogP contribution in [0.15, 0.2) is 48.5 Å². The van der Waals surface area contributed by atoms with E-state index in [4.69, 9.17) is 21.1 Å². The Labute approximate surface area is 209 Å². The molecule has 0 radical (unpaired) electrons. The number of benzene rings is 2. The molecule has 5 rings (SSSR count). The molecule has 0 N–H and O–H groups in total. The second-order valence-corrected chi connectivity index (χ2v) is 9.55. The topological polar surface area (TPSA) is 79.4 Å². The number of carbonyl (C=O) groups is 3. The summed E-state index contributed by atoms with van der Waals surface area (Å²) in [5.74, 6) is 0.838. The lowest BCUT2D eigenvalue weighted by Gasteiger charge is -2.40. The van der Waals surface area contributed by atoms with E-state index in [0.29, 0.717) is 61.4 Å². The summed E-state index contributed by atoms with van der Waals surface area (Å²) in [6, 6.07) is 14.1. The van der Waals surface area contributed by atoms with Crippen LogP contribution in [-0.2, 0) is 9.59 Å². The third-order valence-corrected chi connectivity index (χ3v) is 7.09. The maximum Gasteiger partial charge on any atom is 0.267 e. The van der Waals surface area contributed by atoms with Gasteiger partial charge in [0.15, 0.2) is 11.5 Å². The SMILES string of the molecule is O=C(c1ccc(Cl)cc1)N1CCC[C@@H](C(=O)N2CCN(C(=O)[C@H]3COc4ccccc4O3)CC2)C1. The van der Waals surface area contributed by atoms with Gasteiger partial charge in [-0.25, -0.2) is 0 Å². The molecule has 0 aromatic heterocycles. The predicted octanol–water partition coefficient (Wildman–Crippen LogP) is 2.70. The van der Waals surface area contributed by atoms with Crippen LogP contribution in [0.25, 0.3) is 0 Å². The van der Waals surface area contributed by atoms with Gasteiger partial charge >= 0.3 is 0 Å². The van der Waals surface area contributed by atoms with Crippen LogP contribution in [0.1, 0.15) is 23.2 Å². The fourth-order valence-electron chi connectivity index (χ4n) is 4.89. The van der Waals surface area contributed by atoms with Gasteiger partial charge in [-0.3, -0.25) is 14.4 Å². The van der Waals surface area contributed by atoms with Gasteiger partial charge in [-0.05, 0) is 49.2 Å². The molecule has 0 unspecified atom stereocenters. The summed E-state index contributed by atoms with van der Waals surface area (Å²) in [7, 11) is 0. The Balaban J connectivity index is 1.14. The zero-order valence-electron chi connectivity index (χ0n) is 19.4. The number of likely N-dealkylation sites (tertiary alicyclic amines) is 1. The zero-order valence-corrected chi connectivity index (χ0v) is 20.2. The fourth-order valence-corrected chi connectivity index (χ4v) is 5.01. The Morgan fingerprint density at radius 3 is 2.17 bits per heavy atom. The van der Waals surface area contributed by atoms with Crippen LogP contribution >= 0.6 is 11.6 Å². The van der Waals surface area contributed by atoms with Crippen LogP contribution in [0.5, 0.6) is 11.5 Å². The minimum absolute atomic E-state index is 0.0527. The van der Waals surface area contributed by atoms with Gasteiger partial charge in [0.1, 0.15) is 6.61 Å². The number of para-hydroxylation sites is 2. The van der Waals surface area contributed by atoms with Gasteiger partial charge < -0.3 is 24.2 Å². The summed E-state index contributed by atoms with van der Waals surface area (Å²) in [5.41, 5.74) is 0.575. The molecule has 3 heterocycles. The minimum Gasteiger partial charge on any atom is -0.485 e. The lowest BCUT2D eigenvalue weighted by Crippen LogP contribution is -2.56. The number of carbonyl (C=O) groups excluding carboxylic acids is 3. The van der Waals surface area contributed by atoms with Crippen molar-refractivity contribution in [3.8, 4) is 11.5 Å². The number of hydrogen-bond donors (Lipinski definition) is 0. The van der Waals surface area contributed by atoms with E-state index in [-0.39, 0.29) is 30.2 Å². The van der Waals surface area contributed by atoms with Crippen molar-refractivity contribution in [3.05, 3.63) is 59.1 Å². The van der Waals surface area contributed by atoms with Crippen molar-refractivity contribution < 1.29 is 23.9 Å². The van der Waals surface area contributed by atoms with Gasteiger partial charge in [0, 0.05) is 49.9 Å². The number of rotatable bonds is 3. The standard InChI is InChI=1S/C26H28ClN3O5/c27-20-9-7-18(8-10-20)24(31)30-11-3-4-19(16-30)25(32)28-12-14-29(15-13-28)26(33)23-17-34-21-5-1-2-6-22(21)35-23/h1-2,5-10,19,23H,3-4,11-17H2/t19-,23-/m1/s1. The Morgan fingerprint density at radius 1 is 0.800 bits per heavy atom. The fraction of sp³-hybridized carbons (Fsp3) is 0.423. The lowest BCUT2D eigenvalue weighted by atomic mass is 9.95. The molecule has 0 saturated carbocycles. The van der Waals surface area contributed by atoms with E-state index in [0.717, 1.165) is 12.8 Å². The molecule has 8 nitrogen and oxygen atoms in total.